The molecule has 0 radical (unpaired) electrons. The molecular weight excluding hydrogens is 376 g/mol. The maximum absolute atomic E-state index is 12.6. The van der Waals surface area contributed by atoms with E-state index in [4.69, 9.17) is 8.74 Å². The van der Waals surface area contributed by atoms with Crippen LogP contribution in [0.1, 0.15) is 0 Å². The van der Waals surface area contributed by atoms with Crippen molar-refractivity contribution in [3.8, 4) is 16.9 Å². The SMILES string of the molecule is O=S(=O)(O)c1cccc(S(=O)(=O)Oc2ccccc2-c2ccccc2)c1. The highest BCUT2D eigenvalue weighted by molar-refractivity contribution is 7.87. The number of rotatable bonds is 5. The molecule has 0 fully saturated rings. The second-order valence-electron chi connectivity index (χ2n) is 5.35. The standard InChI is InChI=1S/C18H14O6S2/c19-25(20,21)15-9-6-10-16(13-15)26(22,23)24-18-12-5-4-11-17(18)14-7-2-1-3-8-14/h1-13H,(H,19,20,21). The van der Waals surface area contributed by atoms with Crippen molar-refractivity contribution in [1.29, 1.82) is 0 Å². The summed E-state index contributed by atoms with van der Waals surface area (Å²) in [7, 11) is -8.83. The summed E-state index contributed by atoms with van der Waals surface area (Å²) in [4.78, 5) is -0.908. The first-order chi connectivity index (χ1) is 12.3. The van der Waals surface area contributed by atoms with Gasteiger partial charge in [-0.3, -0.25) is 4.55 Å². The quantitative estimate of drug-likeness (QED) is 0.530. The summed E-state index contributed by atoms with van der Waals surface area (Å²) in [6.45, 7) is 0. The van der Waals surface area contributed by atoms with E-state index in [1.54, 1.807) is 18.2 Å². The van der Waals surface area contributed by atoms with E-state index < -0.39 is 25.1 Å². The molecular formula is C18H14O6S2. The zero-order chi connectivity index (χ0) is 18.8. The van der Waals surface area contributed by atoms with Gasteiger partial charge in [-0.1, -0.05) is 54.6 Å². The Morgan fingerprint density at radius 2 is 1.31 bits per heavy atom. The van der Waals surface area contributed by atoms with Gasteiger partial charge in [-0.05, 0) is 29.8 Å². The van der Waals surface area contributed by atoms with Gasteiger partial charge in [-0.2, -0.15) is 16.8 Å². The van der Waals surface area contributed by atoms with Crippen LogP contribution in [0.3, 0.4) is 0 Å². The van der Waals surface area contributed by atoms with Crippen molar-refractivity contribution in [3.05, 3.63) is 78.9 Å². The van der Waals surface area contributed by atoms with Gasteiger partial charge >= 0.3 is 10.1 Å². The fourth-order valence-electron chi connectivity index (χ4n) is 2.35. The van der Waals surface area contributed by atoms with Crippen LogP contribution in [0.2, 0.25) is 0 Å². The van der Waals surface area contributed by atoms with Gasteiger partial charge in [-0.25, -0.2) is 0 Å². The summed E-state index contributed by atoms with van der Waals surface area (Å²) in [6, 6.07) is 20.0. The van der Waals surface area contributed by atoms with Crippen LogP contribution >= 0.6 is 0 Å². The van der Waals surface area contributed by atoms with Crippen LogP contribution in [0, 0.1) is 0 Å². The minimum atomic E-state index is -4.53. The summed E-state index contributed by atoms with van der Waals surface area (Å²) >= 11 is 0. The molecule has 0 heterocycles. The molecule has 134 valence electrons. The van der Waals surface area contributed by atoms with Gasteiger partial charge in [0, 0.05) is 5.56 Å². The summed E-state index contributed by atoms with van der Waals surface area (Å²) in [5.41, 5.74) is 1.34. The maximum atomic E-state index is 12.6. The number of hydrogen-bond donors (Lipinski definition) is 1. The smallest absolute Gasteiger partial charge is 0.339 e. The van der Waals surface area contributed by atoms with Crippen molar-refractivity contribution < 1.29 is 25.6 Å². The maximum Gasteiger partial charge on any atom is 0.339 e. The third-order valence-corrected chi connectivity index (χ3v) is 5.64. The highest BCUT2D eigenvalue weighted by Gasteiger charge is 2.21. The molecule has 0 amide bonds. The van der Waals surface area contributed by atoms with E-state index in [0.717, 1.165) is 17.7 Å². The lowest BCUT2D eigenvalue weighted by atomic mass is 10.1. The molecule has 0 spiro atoms. The van der Waals surface area contributed by atoms with Crippen molar-refractivity contribution in [1.82, 2.24) is 0 Å². The van der Waals surface area contributed by atoms with Crippen LogP contribution in [-0.2, 0) is 20.2 Å². The highest BCUT2D eigenvalue weighted by atomic mass is 32.2. The van der Waals surface area contributed by atoms with Crippen molar-refractivity contribution >= 4 is 20.2 Å². The molecule has 3 rings (SSSR count). The number of benzene rings is 3. The Bertz CT molecular complexity index is 1140. The fourth-order valence-corrected chi connectivity index (χ4v) is 3.95. The molecule has 0 aromatic heterocycles. The normalized spacial score (nSPS) is 11.9. The van der Waals surface area contributed by atoms with E-state index in [9.17, 15) is 16.8 Å². The van der Waals surface area contributed by atoms with E-state index in [1.807, 2.05) is 30.3 Å². The van der Waals surface area contributed by atoms with Gasteiger partial charge in [0.25, 0.3) is 10.1 Å². The fraction of sp³-hybridized carbons (Fsp3) is 0. The molecule has 26 heavy (non-hydrogen) atoms. The molecule has 8 heteroatoms. The molecule has 1 N–H and O–H groups in total. The molecule has 0 unspecified atom stereocenters. The van der Waals surface area contributed by atoms with Crippen LogP contribution in [0.5, 0.6) is 5.75 Å². The lowest BCUT2D eigenvalue weighted by Crippen LogP contribution is -2.11. The van der Waals surface area contributed by atoms with E-state index >= 15 is 0 Å². The van der Waals surface area contributed by atoms with Crippen molar-refractivity contribution in [3.63, 3.8) is 0 Å². The largest absolute Gasteiger partial charge is 0.378 e. The van der Waals surface area contributed by atoms with Crippen LogP contribution in [0.25, 0.3) is 11.1 Å². The van der Waals surface area contributed by atoms with Crippen molar-refractivity contribution in [2.24, 2.45) is 0 Å². The molecule has 0 aliphatic carbocycles. The minimum Gasteiger partial charge on any atom is -0.378 e. The van der Waals surface area contributed by atoms with Gasteiger partial charge in [0.2, 0.25) is 0 Å². The van der Waals surface area contributed by atoms with E-state index in [2.05, 4.69) is 0 Å². The third kappa shape index (κ3) is 3.93. The van der Waals surface area contributed by atoms with Crippen LogP contribution in [0.15, 0.2) is 88.7 Å². The lowest BCUT2D eigenvalue weighted by molar-refractivity contribution is 0.482. The van der Waals surface area contributed by atoms with Crippen LogP contribution < -0.4 is 4.18 Å². The van der Waals surface area contributed by atoms with E-state index in [1.165, 1.54) is 18.2 Å². The Morgan fingerprint density at radius 3 is 2.00 bits per heavy atom. The van der Waals surface area contributed by atoms with Gasteiger partial charge in [0.1, 0.15) is 4.90 Å². The molecule has 0 saturated heterocycles. The van der Waals surface area contributed by atoms with Crippen LogP contribution in [0.4, 0.5) is 0 Å². The molecule has 0 saturated carbocycles. The second kappa shape index (κ2) is 6.91. The third-order valence-electron chi connectivity index (χ3n) is 3.56. The Balaban J connectivity index is 2.02. The first kappa shape index (κ1) is 18.1. The lowest BCUT2D eigenvalue weighted by Gasteiger charge is -2.12. The summed E-state index contributed by atoms with van der Waals surface area (Å²) in [6.07, 6.45) is 0. The van der Waals surface area contributed by atoms with Gasteiger partial charge in [0.05, 0.1) is 4.90 Å². The first-order valence-corrected chi connectivity index (χ1v) is 10.3. The highest BCUT2D eigenvalue weighted by Crippen LogP contribution is 2.32. The Labute approximate surface area is 151 Å². The second-order valence-corrected chi connectivity index (χ2v) is 8.32. The molecule has 0 bridgehead atoms. The number of hydrogen-bond acceptors (Lipinski definition) is 5. The predicted octanol–water partition coefficient (Wildman–Crippen LogP) is 3.37. The van der Waals surface area contributed by atoms with Crippen molar-refractivity contribution in [2.75, 3.05) is 0 Å². The molecule has 3 aromatic carbocycles. The topological polar surface area (TPSA) is 97.7 Å². The molecule has 0 aliphatic rings. The van der Waals surface area contributed by atoms with Gasteiger partial charge in [0.15, 0.2) is 5.75 Å². The van der Waals surface area contributed by atoms with Crippen molar-refractivity contribution in [2.45, 2.75) is 9.79 Å². The number of para-hydroxylation sites is 1. The molecule has 3 aromatic rings. The predicted molar refractivity (Wildman–Crippen MR) is 95.9 cm³/mol. The average Bonchev–Trinajstić information content (AvgIpc) is 2.62. The van der Waals surface area contributed by atoms with Gasteiger partial charge in [-0.15, -0.1) is 0 Å². The average molecular weight is 390 g/mol. The molecule has 0 atom stereocenters. The first-order valence-electron chi connectivity index (χ1n) is 7.44. The Morgan fingerprint density at radius 1 is 0.692 bits per heavy atom. The van der Waals surface area contributed by atoms with E-state index in [0.29, 0.717) is 5.56 Å². The minimum absolute atomic E-state index is 0.107. The summed E-state index contributed by atoms with van der Waals surface area (Å²) in [5.74, 6) is 0.107. The van der Waals surface area contributed by atoms with Gasteiger partial charge < -0.3 is 4.18 Å². The summed E-state index contributed by atoms with van der Waals surface area (Å²) < 4.78 is 61.9. The van der Waals surface area contributed by atoms with E-state index in [-0.39, 0.29) is 10.6 Å². The van der Waals surface area contributed by atoms with Crippen LogP contribution in [-0.4, -0.2) is 21.4 Å². The zero-order valence-electron chi connectivity index (χ0n) is 13.3. The molecule has 0 aliphatic heterocycles. The summed E-state index contributed by atoms with van der Waals surface area (Å²) in [5, 5.41) is 0. The Hall–Kier alpha value is -2.68. The Kier molecular flexibility index (Phi) is 4.82. The molecule has 6 nitrogen and oxygen atoms in total. The monoisotopic (exact) mass is 390 g/mol. The zero-order valence-corrected chi connectivity index (χ0v) is 14.9.